The molecule has 0 bridgehead atoms. The van der Waals surface area contributed by atoms with Crippen molar-refractivity contribution in [2.75, 3.05) is 9.80 Å². The summed E-state index contributed by atoms with van der Waals surface area (Å²) in [5.41, 5.74) is 20.7. The first kappa shape index (κ1) is 48.2. The zero-order valence-corrected chi connectivity index (χ0v) is 46.0. The van der Waals surface area contributed by atoms with Gasteiger partial charge in [0, 0.05) is 66.4 Å². The van der Waals surface area contributed by atoms with Crippen LogP contribution in [-0.2, 0) is 0 Å². The van der Waals surface area contributed by atoms with E-state index in [1.54, 1.807) is 11.3 Å². The Morgan fingerprint density at radius 1 is 0.241 bits per heavy atom. The molecular weight excluding hydrogens is 1020 g/mol. The second-order valence-electron chi connectivity index (χ2n) is 21.2. The molecule has 0 saturated heterocycles. The standard InChI is InChI=1S/C78H52N4S/c1-5-19-53(20-6-1)55-33-37-59(38-34-55)79(61-41-45-75-70(51-61)67-29-15-17-31-72(67)81(75)57-23-9-3-10-24-57)74-47-43-64(63-27-13-14-28-66(63)74)65-44-48-77(78-69(65)49-50-83-78)80(60-39-35-56(36-40-60)54-21-7-2-8-22-54)62-42-46-76-71(52-62)68-30-16-18-32-73(68)82(76)58-25-11-4-12-26-58/h1-52H. The highest BCUT2D eigenvalue weighted by molar-refractivity contribution is 7.18. The van der Waals surface area contributed by atoms with Crippen LogP contribution >= 0.6 is 11.3 Å². The second-order valence-corrected chi connectivity index (χ2v) is 22.2. The third-order valence-electron chi connectivity index (χ3n) is 16.6. The summed E-state index contributed by atoms with van der Waals surface area (Å²) in [6.07, 6.45) is 0. The fourth-order valence-electron chi connectivity index (χ4n) is 12.8. The molecule has 0 radical (unpaired) electrons. The molecule has 0 aliphatic heterocycles. The predicted molar refractivity (Wildman–Crippen MR) is 354 cm³/mol. The number of hydrogen-bond donors (Lipinski definition) is 0. The van der Waals surface area contributed by atoms with Crippen LogP contribution in [-0.4, -0.2) is 9.13 Å². The molecule has 16 aromatic rings. The number of nitrogens with zero attached hydrogens (tertiary/aromatic N) is 4. The third-order valence-corrected chi connectivity index (χ3v) is 17.5. The topological polar surface area (TPSA) is 16.3 Å². The van der Waals surface area contributed by atoms with E-state index in [0.29, 0.717) is 0 Å². The smallest absolute Gasteiger partial charge is 0.0640 e. The molecule has 83 heavy (non-hydrogen) atoms. The van der Waals surface area contributed by atoms with Crippen molar-refractivity contribution < 1.29 is 0 Å². The van der Waals surface area contributed by atoms with E-state index < -0.39 is 0 Å². The maximum absolute atomic E-state index is 2.46. The molecule has 0 aliphatic carbocycles. The van der Waals surface area contributed by atoms with Gasteiger partial charge in [-0.3, -0.25) is 0 Å². The molecule has 0 atom stereocenters. The zero-order chi connectivity index (χ0) is 54.8. The van der Waals surface area contributed by atoms with Crippen LogP contribution in [0.25, 0.3) is 109 Å². The maximum Gasteiger partial charge on any atom is 0.0640 e. The lowest BCUT2D eigenvalue weighted by molar-refractivity contribution is 1.18. The SMILES string of the molecule is c1ccc(-c2ccc(N(c3ccc4c(c3)c3ccccc3n4-c3ccccc3)c3ccc(-c4ccc(N(c5ccc(-c6ccccc6)cc5)c5ccc6c(c5)c5ccccc5n6-c5ccccc5)c5sccc45)c4ccccc34)cc2)cc1. The van der Waals surface area contributed by atoms with E-state index in [4.69, 9.17) is 0 Å². The van der Waals surface area contributed by atoms with Crippen LogP contribution in [0.2, 0.25) is 0 Å². The van der Waals surface area contributed by atoms with Crippen LogP contribution < -0.4 is 9.80 Å². The summed E-state index contributed by atoms with van der Waals surface area (Å²) in [6.45, 7) is 0. The molecule has 0 aliphatic rings. The molecule has 0 fully saturated rings. The number of fused-ring (bicyclic) bond motifs is 8. The first-order valence-electron chi connectivity index (χ1n) is 28.3. The number of hydrogen-bond acceptors (Lipinski definition) is 3. The number of aromatic nitrogens is 2. The highest BCUT2D eigenvalue weighted by Crippen LogP contribution is 2.49. The average Bonchev–Trinajstić information content (AvgIpc) is 3.04. The lowest BCUT2D eigenvalue weighted by atomic mass is 9.94. The van der Waals surface area contributed by atoms with Gasteiger partial charge in [0.05, 0.1) is 38.1 Å². The van der Waals surface area contributed by atoms with Gasteiger partial charge >= 0.3 is 0 Å². The van der Waals surface area contributed by atoms with Crippen molar-refractivity contribution in [3.8, 4) is 44.8 Å². The fraction of sp³-hybridized carbons (Fsp3) is 0. The summed E-state index contributed by atoms with van der Waals surface area (Å²) in [5, 5.41) is 10.7. The van der Waals surface area contributed by atoms with Gasteiger partial charge in [-0.2, -0.15) is 0 Å². The summed E-state index contributed by atoms with van der Waals surface area (Å²) < 4.78 is 6.00. The van der Waals surface area contributed by atoms with Crippen molar-refractivity contribution in [1.82, 2.24) is 9.13 Å². The van der Waals surface area contributed by atoms with Gasteiger partial charge < -0.3 is 18.9 Å². The molecule has 0 N–H and O–H groups in total. The van der Waals surface area contributed by atoms with E-state index >= 15 is 0 Å². The quantitative estimate of drug-likeness (QED) is 0.128. The molecule has 0 amide bonds. The van der Waals surface area contributed by atoms with Crippen molar-refractivity contribution >= 4 is 110 Å². The van der Waals surface area contributed by atoms with Gasteiger partial charge in [-0.25, -0.2) is 0 Å². The molecule has 390 valence electrons. The second kappa shape index (κ2) is 20.1. The molecule has 0 saturated carbocycles. The minimum Gasteiger partial charge on any atom is -0.310 e. The summed E-state index contributed by atoms with van der Waals surface area (Å²) >= 11 is 1.80. The first-order valence-corrected chi connectivity index (χ1v) is 29.2. The third kappa shape index (κ3) is 8.20. The van der Waals surface area contributed by atoms with Crippen LogP contribution in [0.15, 0.2) is 315 Å². The summed E-state index contributed by atoms with van der Waals surface area (Å²) in [5.74, 6) is 0. The average molecular weight is 1080 g/mol. The van der Waals surface area contributed by atoms with Crippen molar-refractivity contribution in [2.24, 2.45) is 0 Å². The normalized spacial score (nSPS) is 11.6. The van der Waals surface area contributed by atoms with Gasteiger partial charge in [-0.1, -0.05) is 194 Å². The summed E-state index contributed by atoms with van der Waals surface area (Å²) in [7, 11) is 0. The largest absolute Gasteiger partial charge is 0.310 e. The van der Waals surface area contributed by atoms with Crippen molar-refractivity contribution in [3.05, 3.63) is 315 Å². The first-order chi connectivity index (χ1) is 41.2. The molecule has 5 heteroatoms. The Hall–Kier alpha value is -10.7. The Balaban J connectivity index is 0.858. The highest BCUT2D eigenvalue weighted by atomic mass is 32.1. The molecular formula is C78H52N4S. The molecule has 4 nitrogen and oxygen atoms in total. The van der Waals surface area contributed by atoms with E-state index in [1.165, 1.54) is 97.9 Å². The molecule has 0 unspecified atom stereocenters. The number of para-hydroxylation sites is 4. The molecule has 13 aromatic carbocycles. The maximum atomic E-state index is 2.46. The monoisotopic (exact) mass is 1080 g/mol. The fourth-order valence-corrected chi connectivity index (χ4v) is 13.7. The number of thiophene rings is 1. The Morgan fingerprint density at radius 2 is 0.614 bits per heavy atom. The molecule has 16 rings (SSSR count). The number of benzene rings is 13. The number of anilines is 6. The minimum atomic E-state index is 1.08. The van der Waals surface area contributed by atoms with Gasteiger partial charge in [0.25, 0.3) is 0 Å². The molecule has 0 spiro atoms. The molecule has 3 heterocycles. The van der Waals surface area contributed by atoms with Crippen molar-refractivity contribution in [3.63, 3.8) is 0 Å². The van der Waals surface area contributed by atoms with Gasteiger partial charge in [0.2, 0.25) is 0 Å². The van der Waals surface area contributed by atoms with Crippen LogP contribution in [0.3, 0.4) is 0 Å². The van der Waals surface area contributed by atoms with Gasteiger partial charge in [-0.05, 0) is 159 Å². The van der Waals surface area contributed by atoms with E-state index in [2.05, 4.69) is 334 Å². The van der Waals surface area contributed by atoms with Crippen LogP contribution in [0.4, 0.5) is 34.1 Å². The Kier molecular flexibility index (Phi) is 11.7. The van der Waals surface area contributed by atoms with Crippen molar-refractivity contribution in [2.45, 2.75) is 0 Å². The van der Waals surface area contributed by atoms with Gasteiger partial charge in [-0.15, -0.1) is 11.3 Å². The number of rotatable bonds is 11. The lowest BCUT2D eigenvalue weighted by Crippen LogP contribution is -2.11. The van der Waals surface area contributed by atoms with E-state index in [9.17, 15) is 0 Å². The predicted octanol–water partition coefficient (Wildman–Crippen LogP) is 22.2. The Bertz CT molecular complexity index is 5060. The summed E-state index contributed by atoms with van der Waals surface area (Å²) in [6, 6.07) is 113. The van der Waals surface area contributed by atoms with Crippen LogP contribution in [0.1, 0.15) is 0 Å². The zero-order valence-electron chi connectivity index (χ0n) is 45.2. The van der Waals surface area contributed by atoms with E-state index in [0.717, 1.165) is 45.5 Å². The van der Waals surface area contributed by atoms with Gasteiger partial charge in [0.1, 0.15) is 0 Å². The van der Waals surface area contributed by atoms with E-state index in [-0.39, 0.29) is 0 Å². The Labute approximate surface area is 485 Å². The van der Waals surface area contributed by atoms with Crippen molar-refractivity contribution in [1.29, 1.82) is 0 Å². The highest BCUT2D eigenvalue weighted by Gasteiger charge is 2.24. The Morgan fingerprint density at radius 3 is 1.12 bits per heavy atom. The van der Waals surface area contributed by atoms with Crippen LogP contribution in [0.5, 0.6) is 0 Å². The minimum absolute atomic E-state index is 1.08. The summed E-state index contributed by atoms with van der Waals surface area (Å²) in [4.78, 5) is 4.91. The lowest BCUT2D eigenvalue weighted by Gasteiger charge is -2.28. The van der Waals surface area contributed by atoms with Gasteiger partial charge in [0.15, 0.2) is 0 Å². The van der Waals surface area contributed by atoms with E-state index in [1.807, 2.05) is 0 Å². The van der Waals surface area contributed by atoms with Crippen LogP contribution in [0, 0.1) is 0 Å². The molecule has 3 aromatic heterocycles.